The lowest BCUT2D eigenvalue weighted by atomic mass is 10.0. The summed E-state index contributed by atoms with van der Waals surface area (Å²) in [5.74, 6) is -2.43. The smallest absolute Gasteiger partial charge is 0.338 e. The van der Waals surface area contributed by atoms with Gasteiger partial charge >= 0.3 is 11.9 Å². The van der Waals surface area contributed by atoms with Gasteiger partial charge in [-0.3, -0.25) is 0 Å². The van der Waals surface area contributed by atoms with Crippen LogP contribution in [0.2, 0.25) is 0 Å². The van der Waals surface area contributed by atoms with Crippen LogP contribution in [0.25, 0.3) is 31.3 Å². The minimum absolute atomic E-state index is 0.141. The fraction of sp³-hybridized carbons (Fsp3) is 0.0769. The van der Waals surface area contributed by atoms with Gasteiger partial charge in [0.15, 0.2) is 11.6 Å². The fourth-order valence-electron chi connectivity index (χ4n) is 3.21. The molecular formula is C26H18F2O4S. The number of hydrogen-bond donors (Lipinski definition) is 0. The maximum atomic E-state index is 15.5. The first-order valence-electron chi connectivity index (χ1n) is 9.86. The Hall–Kier alpha value is -3.84. The summed E-state index contributed by atoms with van der Waals surface area (Å²) in [4.78, 5) is 23.4. The molecule has 1 aromatic heterocycles. The number of thiophene rings is 1. The zero-order chi connectivity index (χ0) is 23.9. The zero-order valence-electron chi connectivity index (χ0n) is 17.8. The van der Waals surface area contributed by atoms with E-state index in [0.717, 1.165) is 11.3 Å². The maximum Gasteiger partial charge on any atom is 0.338 e. The summed E-state index contributed by atoms with van der Waals surface area (Å²) < 4.78 is 41.2. The van der Waals surface area contributed by atoms with Gasteiger partial charge in [0.05, 0.1) is 9.40 Å². The summed E-state index contributed by atoms with van der Waals surface area (Å²) in [6.45, 7) is 10.0. The molecule has 0 unspecified atom stereocenters. The summed E-state index contributed by atoms with van der Waals surface area (Å²) in [7, 11) is 0. The molecule has 7 heteroatoms. The molecule has 4 nitrogen and oxygen atoms in total. The van der Waals surface area contributed by atoms with E-state index < -0.39 is 23.6 Å². The Balaban J connectivity index is 1.74. The average Bonchev–Trinajstić information content (AvgIpc) is 3.17. The Morgan fingerprint density at radius 3 is 1.91 bits per heavy atom. The van der Waals surface area contributed by atoms with Crippen LogP contribution in [0.15, 0.2) is 72.8 Å². The molecule has 33 heavy (non-hydrogen) atoms. The number of carbonyl (C=O) groups excluding carboxylic acids is 2. The predicted octanol–water partition coefficient (Wildman–Crippen LogP) is 6.96. The van der Waals surface area contributed by atoms with E-state index in [1.54, 1.807) is 49.4 Å². The van der Waals surface area contributed by atoms with E-state index in [4.69, 9.17) is 9.47 Å². The first-order valence-corrected chi connectivity index (χ1v) is 10.7. The van der Waals surface area contributed by atoms with Gasteiger partial charge in [-0.25, -0.2) is 18.4 Å². The molecule has 4 rings (SSSR count). The topological polar surface area (TPSA) is 52.6 Å². The first kappa shape index (κ1) is 22.4. The second-order valence-electron chi connectivity index (χ2n) is 7.52. The fourth-order valence-corrected chi connectivity index (χ4v) is 4.38. The number of ether oxygens (including phenoxy) is 2. The second-order valence-corrected chi connectivity index (χ2v) is 8.54. The highest BCUT2D eigenvalue weighted by atomic mass is 32.1. The summed E-state index contributed by atoms with van der Waals surface area (Å²) in [6.07, 6.45) is 0. The molecule has 0 aliphatic carbocycles. The minimum atomic E-state index is -0.736. The molecule has 0 atom stereocenters. The molecule has 3 aromatic carbocycles. The summed E-state index contributed by atoms with van der Waals surface area (Å²) in [6, 6.07) is 12.7. The van der Waals surface area contributed by atoms with Crippen molar-refractivity contribution in [2.45, 2.75) is 13.8 Å². The molecule has 0 spiro atoms. The van der Waals surface area contributed by atoms with Crippen LogP contribution >= 0.6 is 11.3 Å². The van der Waals surface area contributed by atoms with Crippen LogP contribution in [0, 0.1) is 11.6 Å². The van der Waals surface area contributed by atoms with Gasteiger partial charge in [-0.05, 0) is 43.7 Å². The van der Waals surface area contributed by atoms with Crippen molar-refractivity contribution in [1.29, 1.82) is 0 Å². The Labute approximate surface area is 192 Å². The highest BCUT2D eigenvalue weighted by Crippen LogP contribution is 2.42. The van der Waals surface area contributed by atoms with Crippen molar-refractivity contribution in [3.63, 3.8) is 0 Å². The molecule has 0 aliphatic heterocycles. The highest BCUT2D eigenvalue weighted by molar-refractivity contribution is 7.26. The van der Waals surface area contributed by atoms with E-state index in [0.29, 0.717) is 27.6 Å². The van der Waals surface area contributed by atoms with Crippen molar-refractivity contribution in [2.75, 3.05) is 0 Å². The zero-order valence-corrected chi connectivity index (χ0v) is 18.6. The van der Waals surface area contributed by atoms with E-state index in [1.807, 2.05) is 0 Å². The Kier molecular flexibility index (Phi) is 5.82. The highest BCUT2D eigenvalue weighted by Gasteiger charge is 2.20. The van der Waals surface area contributed by atoms with Crippen LogP contribution in [0.3, 0.4) is 0 Å². The van der Waals surface area contributed by atoms with Gasteiger partial charge in [0.2, 0.25) is 0 Å². The van der Waals surface area contributed by atoms with E-state index in [-0.39, 0.29) is 26.3 Å². The van der Waals surface area contributed by atoms with Gasteiger partial charge in [-0.1, -0.05) is 37.4 Å². The molecule has 0 bridgehead atoms. The largest absolute Gasteiger partial charge is 0.423 e. The van der Waals surface area contributed by atoms with Crippen molar-refractivity contribution in [3.8, 4) is 22.6 Å². The third kappa shape index (κ3) is 4.15. The molecule has 166 valence electrons. The molecule has 0 saturated carbocycles. The van der Waals surface area contributed by atoms with E-state index in [1.165, 1.54) is 13.0 Å². The lowest BCUT2D eigenvalue weighted by Gasteiger charge is -2.07. The van der Waals surface area contributed by atoms with Gasteiger partial charge < -0.3 is 9.47 Å². The molecule has 0 radical (unpaired) electrons. The first-order chi connectivity index (χ1) is 15.7. The van der Waals surface area contributed by atoms with Crippen LogP contribution in [-0.4, -0.2) is 11.9 Å². The lowest BCUT2D eigenvalue weighted by molar-refractivity contribution is -0.131. The second kappa shape index (κ2) is 8.60. The molecule has 0 fully saturated rings. The van der Waals surface area contributed by atoms with Gasteiger partial charge in [-0.15, -0.1) is 11.3 Å². The van der Waals surface area contributed by atoms with Crippen molar-refractivity contribution in [2.24, 2.45) is 0 Å². The van der Waals surface area contributed by atoms with E-state index in [2.05, 4.69) is 13.2 Å². The van der Waals surface area contributed by atoms with Crippen molar-refractivity contribution in [3.05, 3.63) is 84.5 Å². The molecule has 1 heterocycles. The molecule has 0 saturated heterocycles. The number of hydrogen-bond acceptors (Lipinski definition) is 5. The average molecular weight is 464 g/mol. The maximum absolute atomic E-state index is 15.5. The van der Waals surface area contributed by atoms with Gasteiger partial charge in [0.1, 0.15) is 11.6 Å². The molecule has 4 aromatic rings. The van der Waals surface area contributed by atoms with E-state index in [9.17, 15) is 9.59 Å². The number of rotatable bonds is 5. The summed E-state index contributed by atoms with van der Waals surface area (Å²) in [5, 5.41) is 1.08. The number of esters is 2. The van der Waals surface area contributed by atoms with Gasteiger partial charge in [0, 0.05) is 27.5 Å². The van der Waals surface area contributed by atoms with Crippen LogP contribution in [0.4, 0.5) is 8.78 Å². The van der Waals surface area contributed by atoms with Gasteiger partial charge in [0.25, 0.3) is 0 Å². The monoisotopic (exact) mass is 464 g/mol. The minimum Gasteiger partial charge on any atom is -0.423 e. The molecule has 0 aliphatic rings. The molecule has 0 amide bonds. The quantitative estimate of drug-likeness (QED) is 0.182. The number of benzene rings is 3. The van der Waals surface area contributed by atoms with Crippen LogP contribution in [0.5, 0.6) is 11.5 Å². The van der Waals surface area contributed by atoms with Crippen LogP contribution < -0.4 is 9.47 Å². The normalized spacial score (nSPS) is 10.9. The number of carbonyl (C=O) groups is 2. The number of fused-ring (bicyclic) bond motifs is 3. The van der Waals surface area contributed by atoms with Crippen molar-refractivity contribution >= 4 is 43.4 Å². The Morgan fingerprint density at radius 1 is 0.758 bits per heavy atom. The summed E-state index contributed by atoms with van der Waals surface area (Å²) in [5.41, 5.74) is 1.30. The molecule has 0 N–H and O–H groups in total. The van der Waals surface area contributed by atoms with Crippen molar-refractivity contribution in [1.82, 2.24) is 0 Å². The standard InChI is InChI=1S/C26H18F2O4S/c1-13(2)25(29)31-16-7-5-15(6-8-16)17-9-10-18-19-11-12-20(32-26(30)14(3)4)22(28)24(19)33-23(18)21(17)27/h5-12H,1,3H2,2,4H3. The third-order valence-electron chi connectivity index (χ3n) is 4.93. The van der Waals surface area contributed by atoms with Crippen molar-refractivity contribution < 1.29 is 27.8 Å². The van der Waals surface area contributed by atoms with Gasteiger partial charge in [-0.2, -0.15) is 0 Å². The lowest BCUT2D eigenvalue weighted by Crippen LogP contribution is -2.09. The molecular weight excluding hydrogens is 446 g/mol. The van der Waals surface area contributed by atoms with Crippen LogP contribution in [0.1, 0.15) is 13.8 Å². The Bertz CT molecular complexity index is 1470. The van der Waals surface area contributed by atoms with E-state index >= 15 is 8.78 Å². The summed E-state index contributed by atoms with van der Waals surface area (Å²) >= 11 is 0.945. The Morgan fingerprint density at radius 2 is 1.30 bits per heavy atom. The SMILES string of the molecule is C=C(C)C(=O)Oc1ccc(-c2ccc3c(sc4c(F)c(OC(=O)C(=C)C)ccc43)c2F)cc1. The predicted molar refractivity (Wildman–Crippen MR) is 126 cm³/mol. The number of halogens is 2. The third-order valence-corrected chi connectivity index (χ3v) is 6.14. The van der Waals surface area contributed by atoms with Crippen LogP contribution in [-0.2, 0) is 9.59 Å².